The Labute approximate surface area is 320 Å². The van der Waals surface area contributed by atoms with Gasteiger partial charge in [-0.05, 0) is 67.3 Å². The van der Waals surface area contributed by atoms with Crippen molar-refractivity contribution in [1.29, 1.82) is 0 Å². The zero-order chi connectivity index (χ0) is 35.3. The molecule has 4 N–H and O–H groups in total. The molecule has 0 bridgehead atoms. The first-order valence-corrected chi connectivity index (χ1v) is 18.1. The van der Waals surface area contributed by atoms with E-state index in [9.17, 15) is 0 Å². The summed E-state index contributed by atoms with van der Waals surface area (Å²) in [4.78, 5) is 9.42. The number of hydrogen-bond donors (Lipinski definition) is 3. The van der Waals surface area contributed by atoms with E-state index < -0.39 is 0 Å². The number of anilines is 3. The summed E-state index contributed by atoms with van der Waals surface area (Å²) < 4.78 is 5.21. The van der Waals surface area contributed by atoms with Gasteiger partial charge in [-0.3, -0.25) is 0 Å². The van der Waals surface area contributed by atoms with Crippen LogP contribution in [0.3, 0.4) is 0 Å². The van der Waals surface area contributed by atoms with E-state index in [1.165, 1.54) is 5.56 Å². The largest absolute Gasteiger partial charge is 0.399 e. The zero-order valence-electron chi connectivity index (χ0n) is 26.8. The average molecular weight is 842 g/mol. The van der Waals surface area contributed by atoms with Gasteiger partial charge in [0.1, 0.15) is 11.6 Å². The lowest BCUT2D eigenvalue weighted by Crippen LogP contribution is -2.07. The van der Waals surface area contributed by atoms with Crippen molar-refractivity contribution < 1.29 is 0 Å². The molecule has 0 spiro atoms. The van der Waals surface area contributed by atoms with Gasteiger partial charge in [-0.25, -0.2) is 9.97 Å². The summed E-state index contributed by atoms with van der Waals surface area (Å²) in [5, 5.41) is 17.0. The number of rotatable bonds is 8. The Bertz CT molecular complexity index is 2450. The molecule has 0 saturated heterocycles. The first kappa shape index (κ1) is 34.5. The van der Waals surface area contributed by atoms with Gasteiger partial charge in [0.05, 0.1) is 32.7 Å². The van der Waals surface area contributed by atoms with E-state index in [1.807, 2.05) is 103 Å². The molecule has 0 atom stereocenters. The Kier molecular flexibility index (Phi) is 10.5. The van der Waals surface area contributed by atoms with Crippen molar-refractivity contribution in [3.63, 3.8) is 0 Å². The van der Waals surface area contributed by atoms with E-state index in [2.05, 4.69) is 64.8 Å². The number of aromatic nitrogens is 6. The molecule has 0 aliphatic heterocycles. The summed E-state index contributed by atoms with van der Waals surface area (Å²) in [5.74, 6) is 1.68. The lowest BCUT2D eigenvalue weighted by atomic mass is 10.1. The minimum atomic E-state index is 0.638. The van der Waals surface area contributed by atoms with E-state index in [4.69, 9.17) is 38.9 Å². The zero-order valence-corrected chi connectivity index (χ0v) is 31.5. The van der Waals surface area contributed by atoms with Gasteiger partial charge in [0, 0.05) is 52.1 Å². The molecule has 0 radical (unpaired) electrons. The number of hydrogen-bond acceptors (Lipinski definition) is 7. The van der Waals surface area contributed by atoms with Crippen molar-refractivity contribution in [3.8, 4) is 22.5 Å². The fourth-order valence-corrected chi connectivity index (χ4v) is 6.52. The predicted octanol–water partition coefficient (Wildman–Crippen LogP) is 10.4. The lowest BCUT2D eigenvalue weighted by molar-refractivity contribution is 0.927. The fraction of sp³-hybridized carbons (Fsp3) is 0.0526. The highest BCUT2D eigenvalue weighted by molar-refractivity contribution is 9.11. The van der Waals surface area contributed by atoms with Crippen LogP contribution in [0.1, 0.15) is 11.1 Å². The van der Waals surface area contributed by atoms with E-state index in [0.717, 1.165) is 65.6 Å². The summed E-state index contributed by atoms with van der Waals surface area (Å²) in [5.41, 5.74) is 13.6. The van der Waals surface area contributed by atoms with Gasteiger partial charge in [-0.2, -0.15) is 19.2 Å². The predicted molar refractivity (Wildman–Crippen MR) is 214 cm³/mol. The quantitative estimate of drug-likeness (QED) is 0.131. The van der Waals surface area contributed by atoms with E-state index in [1.54, 1.807) is 21.4 Å². The molecule has 8 rings (SSSR count). The molecule has 0 fully saturated rings. The van der Waals surface area contributed by atoms with Gasteiger partial charge < -0.3 is 16.4 Å². The monoisotopic (exact) mass is 839 g/mol. The van der Waals surface area contributed by atoms with Gasteiger partial charge in [-0.1, -0.05) is 102 Å². The Balaban J connectivity index is 0.000000159. The summed E-state index contributed by atoms with van der Waals surface area (Å²) >= 11 is 19.7. The third-order valence-electron chi connectivity index (χ3n) is 7.93. The summed E-state index contributed by atoms with van der Waals surface area (Å²) in [7, 11) is 0. The van der Waals surface area contributed by atoms with Crippen LogP contribution >= 0.6 is 55.1 Å². The highest BCUT2D eigenvalue weighted by Gasteiger charge is 2.15. The molecule has 8 aromatic rings. The van der Waals surface area contributed by atoms with Crippen LogP contribution in [0.2, 0.25) is 10.0 Å². The normalized spacial score (nSPS) is 11.0. The number of nitrogens with zero attached hydrogens (tertiary/aromatic N) is 6. The smallest absolute Gasteiger partial charge is 0.172 e. The van der Waals surface area contributed by atoms with Crippen LogP contribution in [0.5, 0.6) is 0 Å². The second-order valence-electron chi connectivity index (χ2n) is 11.4. The van der Waals surface area contributed by atoms with E-state index >= 15 is 0 Å². The maximum atomic E-state index is 6.36. The van der Waals surface area contributed by atoms with E-state index in [-0.39, 0.29) is 0 Å². The van der Waals surface area contributed by atoms with Crippen molar-refractivity contribution in [3.05, 3.63) is 158 Å². The molecule has 0 aliphatic carbocycles. The molecule has 0 unspecified atom stereocenters. The van der Waals surface area contributed by atoms with Crippen LogP contribution in [-0.2, 0) is 13.1 Å². The average Bonchev–Trinajstić information content (AvgIpc) is 3.73. The fourth-order valence-electron chi connectivity index (χ4n) is 5.35. The van der Waals surface area contributed by atoms with Crippen molar-refractivity contribution in [1.82, 2.24) is 29.2 Å². The molecule has 13 heteroatoms. The second-order valence-corrected chi connectivity index (χ2v) is 13.9. The lowest BCUT2D eigenvalue weighted by Gasteiger charge is -2.12. The molecule has 9 nitrogen and oxygen atoms in total. The van der Waals surface area contributed by atoms with Crippen LogP contribution in [0, 0.1) is 0 Å². The standard InChI is InChI=1S/C19H15BrClN5.C19H14BrClN4/c20-15-11-24-26-18(23-10-12-5-7-13(22)8-6-12)9-17(25-19(15)26)14-3-1-2-4-16(14)21;20-15-12-23-25-18(22-11-13-6-2-1-3-7-13)10-17(24-19(15)25)14-8-4-5-9-16(14)21/h1-9,11,23H,10,22H2;1-10,12,22H,11H2. The van der Waals surface area contributed by atoms with Gasteiger partial charge in [0.15, 0.2) is 11.3 Å². The highest BCUT2D eigenvalue weighted by Crippen LogP contribution is 2.32. The Morgan fingerprint density at radius 1 is 0.569 bits per heavy atom. The third-order valence-corrected chi connectivity index (χ3v) is 9.70. The van der Waals surface area contributed by atoms with Crippen LogP contribution in [0.25, 0.3) is 33.8 Å². The molecule has 4 heterocycles. The Morgan fingerprint density at radius 3 is 1.47 bits per heavy atom. The second kappa shape index (κ2) is 15.5. The van der Waals surface area contributed by atoms with Crippen molar-refractivity contribution in [2.75, 3.05) is 16.4 Å². The van der Waals surface area contributed by atoms with E-state index in [0.29, 0.717) is 23.1 Å². The number of nitrogens with one attached hydrogen (secondary N) is 2. The third kappa shape index (κ3) is 7.87. The number of halogens is 4. The topological polar surface area (TPSA) is 110 Å². The van der Waals surface area contributed by atoms with Crippen molar-refractivity contribution in [2.24, 2.45) is 0 Å². The Hall–Kier alpha value is -4.94. The first-order chi connectivity index (χ1) is 24.8. The van der Waals surface area contributed by atoms with Crippen LogP contribution in [0.4, 0.5) is 17.3 Å². The molecular formula is C38H29Br2Cl2N9. The molecular weight excluding hydrogens is 813 g/mol. The maximum absolute atomic E-state index is 6.36. The SMILES string of the molecule is Clc1ccccc1-c1cc(NCc2ccccc2)n2ncc(Br)c2n1.Nc1ccc(CNc2cc(-c3ccccc3Cl)nc3c(Br)cnn23)cc1. The summed E-state index contributed by atoms with van der Waals surface area (Å²) in [6.45, 7) is 1.33. The summed E-state index contributed by atoms with van der Waals surface area (Å²) in [6.07, 6.45) is 3.47. The molecule has 4 aromatic heterocycles. The maximum Gasteiger partial charge on any atom is 0.172 e. The Morgan fingerprint density at radius 2 is 1.00 bits per heavy atom. The van der Waals surface area contributed by atoms with Crippen molar-refractivity contribution >= 4 is 83.7 Å². The van der Waals surface area contributed by atoms with Crippen LogP contribution < -0.4 is 16.4 Å². The minimum Gasteiger partial charge on any atom is -0.399 e. The first-order valence-electron chi connectivity index (χ1n) is 15.8. The molecule has 51 heavy (non-hydrogen) atoms. The van der Waals surface area contributed by atoms with Crippen LogP contribution in [0.15, 0.2) is 137 Å². The summed E-state index contributed by atoms with van der Waals surface area (Å²) in [6, 6.07) is 37.3. The molecule has 254 valence electrons. The number of fused-ring (bicyclic) bond motifs is 2. The van der Waals surface area contributed by atoms with Crippen molar-refractivity contribution in [2.45, 2.75) is 13.1 Å². The molecule has 0 amide bonds. The number of nitrogens with two attached hydrogens (primary N) is 1. The number of benzene rings is 4. The van der Waals surface area contributed by atoms with Gasteiger partial charge in [0.25, 0.3) is 0 Å². The molecule has 0 aliphatic rings. The number of nitrogen functional groups attached to an aromatic ring is 1. The van der Waals surface area contributed by atoms with Crippen LogP contribution in [-0.4, -0.2) is 29.2 Å². The molecule has 4 aromatic carbocycles. The van der Waals surface area contributed by atoms with Gasteiger partial charge >= 0.3 is 0 Å². The van der Waals surface area contributed by atoms with Gasteiger partial charge in [-0.15, -0.1) is 0 Å². The molecule has 0 saturated carbocycles. The highest BCUT2D eigenvalue weighted by atomic mass is 79.9. The van der Waals surface area contributed by atoms with Gasteiger partial charge in [0.2, 0.25) is 0 Å². The minimum absolute atomic E-state index is 0.638.